The maximum absolute atomic E-state index is 11.2. The molecule has 0 aliphatic heterocycles. The van der Waals surface area contributed by atoms with Gasteiger partial charge in [-0.15, -0.1) is 0 Å². The third-order valence-electron chi connectivity index (χ3n) is 2.63. The van der Waals surface area contributed by atoms with E-state index in [2.05, 4.69) is 13.0 Å². The van der Waals surface area contributed by atoms with Crippen molar-refractivity contribution in [1.82, 2.24) is 0 Å². The van der Waals surface area contributed by atoms with Gasteiger partial charge in [0.2, 0.25) is 0 Å². The minimum absolute atomic E-state index is 0.117. The SMILES string of the molecule is CCCC1=CCC(S(C)(=O)=O)CC1. The molecule has 0 heterocycles. The second-order valence-electron chi connectivity index (χ2n) is 3.84. The molecule has 1 aliphatic carbocycles. The van der Waals surface area contributed by atoms with Crippen molar-refractivity contribution in [2.24, 2.45) is 0 Å². The summed E-state index contributed by atoms with van der Waals surface area (Å²) in [5.74, 6) is 0. The Bertz CT molecular complexity index is 288. The van der Waals surface area contributed by atoms with Gasteiger partial charge in [0.1, 0.15) is 0 Å². The Hall–Kier alpha value is -0.310. The molecule has 1 unspecified atom stereocenters. The van der Waals surface area contributed by atoms with E-state index in [9.17, 15) is 8.42 Å². The molecule has 1 atom stereocenters. The van der Waals surface area contributed by atoms with Crippen molar-refractivity contribution in [3.05, 3.63) is 11.6 Å². The Labute approximate surface area is 81.0 Å². The van der Waals surface area contributed by atoms with Crippen LogP contribution in [0.5, 0.6) is 0 Å². The largest absolute Gasteiger partial charge is 0.229 e. The standard InChI is InChI=1S/C10H18O2S/c1-3-4-9-5-7-10(8-6-9)13(2,11)12/h5,10H,3-4,6-8H2,1-2H3. The molecule has 0 spiro atoms. The van der Waals surface area contributed by atoms with Crippen molar-refractivity contribution < 1.29 is 8.42 Å². The van der Waals surface area contributed by atoms with Gasteiger partial charge < -0.3 is 0 Å². The summed E-state index contributed by atoms with van der Waals surface area (Å²) in [6.07, 6.45) is 8.30. The maximum Gasteiger partial charge on any atom is 0.150 e. The van der Waals surface area contributed by atoms with Gasteiger partial charge in [0.25, 0.3) is 0 Å². The van der Waals surface area contributed by atoms with Crippen molar-refractivity contribution in [3.8, 4) is 0 Å². The third kappa shape index (κ3) is 3.14. The molecule has 13 heavy (non-hydrogen) atoms. The molecule has 2 nitrogen and oxygen atoms in total. The Morgan fingerprint density at radius 1 is 1.54 bits per heavy atom. The van der Waals surface area contributed by atoms with Gasteiger partial charge in [0.05, 0.1) is 5.25 Å². The van der Waals surface area contributed by atoms with Gasteiger partial charge in [-0.05, 0) is 25.7 Å². The highest BCUT2D eigenvalue weighted by Crippen LogP contribution is 2.25. The molecule has 0 bridgehead atoms. The van der Waals surface area contributed by atoms with Crippen LogP contribution in [0.2, 0.25) is 0 Å². The molecule has 0 fully saturated rings. The lowest BCUT2D eigenvalue weighted by Gasteiger charge is -2.19. The lowest BCUT2D eigenvalue weighted by atomic mass is 9.96. The van der Waals surface area contributed by atoms with Crippen molar-refractivity contribution in [1.29, 1.82) is 0 Å². The van der Waals surface area contributed by atoms with E-state index in [-0.39, 0.29) is 5.25 Å². The molecule has 1 rings (SSSR count). The van der Waals surface area contributed by atoms with E-state index in [1.54, 1.807) is 0 Å². The first-order valence-corrected chi connectivity index (χ1v) is 6.86. The van der Waals surface area contributed by atoms with Crippen LogP contribution in [0.25, 0.3) is 0 Å². The summed E-state index contributed by atoms with van der Waals surface area (Å²) in [6, 6.07) is 0. The fraction of sp³-hybridized carbons (Fsp3) is 0.800. The lowest BCUT2D eigenvalue weighted by molar-refractivity contribution is 0.567. The fourth-order valence-corrected chi connectivity index (χ4v) is 2.79. The minimum Gasteiger partial charge on any atom is -0.229 e. The van der Waals surface area contributed by atoms with Crippen LogP contribution in [0.1, 0.15) is 39.0 Å². The summed E-state index contributed by atoms with van der Waals surface area (Å²) in [5.41, 5.74) is 1.45. The summed E-state index contributed by atoms with van der Waals surface area (Å²) in [5, 5.41) is -0.117. The second-order valence-corrected chi connectivity index (χ2v) is 6.16. The van der Waals surface area contributed by atoms with Crippen LogP contribution in [0.15, 0.2) is 11.6 Å². The van der Waals surface area contributed by atoms with Gasteiger partial charge in [0.15, 0.2) is 9.84 Å². The van der Waals surface area contributed by atoms with Gasteiger partial charge in [0, 0.05) is 6.26 Å². The van der Waals surface area contributed by atoms with Gasteiger partial charge in [-0.3, -0.25) is 0 Å². The highest BCUT2D eigenvalue weighted by molar-refractivity contribution is 7.91. The van der Waals surface area contributed by atoms with E-state index in [0.29, 0.717) is 0 Å². The lowest BCUT2D eigenvalue weighted by Crippen LogP contribution is -2.21. The zero-order valence-corrected chi connectivity index (χ0v) is 9.23. The summed E-state index contributed by atoms with van der Waals surface area (Å²) in [7, 11) is -2.81. The smallest absolute Gasteiger partial charge is 0.150 e. The molecule has 0 aromatic rings. The van der Waals surface area contributed by atoms with E-state index in [1.165, 1.54) is 11.8 Å². The Kier molecular flexibility index (Phi) is 3.54. The van der Waals surface area contributed by atoms with Crippen LogP contribution in [-0.4, -0.2) is 19.9 Å². The van der Waals surface area contributed by atoms with Crippen molar-refractivity contribution in [2.75, 3.05) is 6.26 Å². The third-order valence-corrected chi connectivity index (χ3v) is 4.27. The first-order valence-electron chi connectivity index (χ1n) is 4.90. The van der Waals surface area contributed by atoms with Crippen molar-refractivity contribution >= 4 is 9.84 Å². The zero-order valence-electron chi connectivity index (χ0n) is 8.41. The van der Waals surface area contributed by atoms with Crippen molar-refractivity contribution in [2.45, 2.75) is 44.3 Å². The molecule has 0 saturated carbocycles. The Morgan fingerprint density at radius 2 is 2.23 bits per heavy atom. The molecule has 1 aliphatic rings. The number of rotatable bonds is 3. The molecule has 0 amide bonds. The molecule has 0 radical (unpaired) electrons. The highest BCUT2D eigenvalue weighted by Gasteiger charge is 2.22. The van der Waals surface area contributed by atoms with Crippen LogP contribution < -0.4 is 0 Å². The van der Waals surface area contributed by atoms with Crippen molar-refractivity contribution in [3.63, 3.8) is 0 Å². The van der Waals surface area contributed by atoms with Crippen LogP contribution in [0, 0.1) is 0 Å². The van der Waals surface area contributed by atoms with Crippen LogP contribution in [-0.2, 0) is 9.84 Å². The zero-order chi connectivity index (χ0) is 9.90. The van der Waals surface area contributed by atoms with E-state index in [1.807, 2.05) is 0 Å². The number of sulfone groups is 1. The molecule has 76 valence electrons. The first-order chi connectivity index (χ1) is 6.04. The predicted octanol–water partition coefficient (Wildman–Crippen LogP) is 2.31. The maximum atomic E-state index is 11.2. The number of hydrogen-bond acceptors (Lipinski definition) is 2. The molecular weight excluding hydrogens is 184 g/mol. The van der Waals surface area contributed by atoms with Gasteiger partial charge >= 0.3 is 0 Å². The predicted molar refractivity (Wildman–Crippen MR) is 55.5 cm³/mol. The minimum atomic E-state index is -2.81. The topological polar surface area (TPSA) is 34.1 Å². The molecule has 0 N–H and O–H groups in total. The van der Waals surface area contributed by atoms with Gasteiger partial charge in [-0.2, -0.15) is 0 Å². The van der Waals surface area contributed by atoms with E-state index < -0.39 is 9.84 Å². The van der Waals surface area contributed by atoms with Crippen LogP contribution in [0.3, 0.4) is 0 Å². The summed E-state index contributed by atoms with van der Waals surface area (Å²) < 4.78 is 22.4. The summed E-state index contributed by atoms with van der Waals surface area (Å²) in [6.45, 7) is 2.16. The van der Waals surface area contributed by atoms with E-state index >= 15 is 0 Å². The van der Waals surface area contributed by atoms with Gasteiger partial charge in [-0.1, -0.05) is 25.0 Å². The molecule has 0 aromatic carbocycles. The number of allylic oxidation sites excluding steroid dienone is 2. The number of hydrogen-bond donors (Lipinski definition) is 0. The van der Waals surface area contributed by atoms with E-state index in [0.717, 1.165) is 32.1 Å². The second kappa shape index (κ2) is 4.27. The van der Waals surface area contributed by atoms with Crippen LogP contribution in [0.4, 0.5) is 0 Å². The van der Waals surface area contributed by atoms with E-state index in [4.69, 9.17) is 0 Å². The van der Waals surface area contributed by atoms with Crippen LogP contribution >= 0.6 is 0 Å². The average Bonchev–Trinajstić information content (AvgIpc) is 2.04. The summed E-state index contributed by atoms with van der Waals surface area (Å²) in [4.78, 5) is 0. The highest BCUT2D eigenvalue weighted by atomic mass is 32.2. The molecular formula is C10H18O2S. The Morgan fingerprint density at radius 3 is 2.62 bits per heavy atom. The monoisotopic (exact) mass is 202 g/mol. The molecule has 0 saturated heterocycles. The average molecular weight is 202 g/mol. The summed E-state index contributed by atoms with van der Waals surface area (Å²) >= 11 is 0. The molecule has 0 aromatic heterocycles. The molecule has 3 heteroatoms. The van der Waals surface area contributed by atoms with Gasteiger partial charge in [-0.25, -0.2) is 8.42 Å². The first kappa shape index (κ1) is 10.8. The quantitative estimate of drug-likeness (QED) is 0.658. The fourth-order valence-electron chi connectivity index (χ4n) is 1.80. The Balaban J connectivity index is 2.56. The normalized spacial score (nSPS) is 24.2.